The van der Waals surface area contributed by atoms with Gasteiger partial charge < -0.3 is 10.2 Å². The second-order valence-corrected chi connectivity index (χ2v) is 6.82. The summed E-state index contributed by atoms with van der Waals surface area (Å²) in [7, 11) is 2.26. The number of hydrogen-bond acceptors (Lipinski definition) is 3. The molecule has 1 heterocycles. The van der Waals surface area contributed by atoms with Gasteiger partial charge in [0.2, 0.25) is 0 Å². The molecule has 1 aliphatic heterocycles. The third-order valence-electron chi connectivity index (χ3n) is 3.97. The molecule has 0 aromatic rings. The molecular formula is C13H28N2S. The largest absolute Gasteiger partial charge is 0.317 e. The first-order valence-electron chi connectivity index (χ1n) is 6.60. The summed E-state index contributed by atoms with van der Waals surface area (Å²) in [6, 6.07) is 0. The van der Waals surface area contributed by atoms with E-state index in [0.29, 0.717) is 5.54 Å². The zero-order valence-electron chi connectivity index (χ0n) is 11.4. The van der Waals surface area contributed by atoms with Crippen molar-refractivity contribution >= 4 is 11.8 Å². The molecule has 0 amide bonds. The maximum absolute atomic E-state index is 3.42. The zero-order chi connectivity index (χ0) is 12.0. The Morgan fingerprint density at radius 2 is 1.94 bits per heavy atom. The van der Waals surface area contributed by atoms with Crippen molar-refractivity contribution in [3.63, 3.8) is 0 Å². The molecule has 0 aliphatic carbocycles. The van der Waals surface area contributed by atoms with Crippen molar-refractivity contribution in [3.8, 4) is 0 Å². The van der Waals surface area contributed by atoms with Crippen molar-refractivity contribution in [1.29, 1.82) is 0 Å². The molecule has 1 saturated heterocycles. The molecule has 1 rings (SSSR count). The van der Waals surface area contributed by atoms with Gasteiger partial charge in [-0.2, -0.15) is 11.8 Å². The molecule has 1 aliphatic rings. The SMILES string of the molecule is CCC(C)(C)N(C)CCSC1CCNCC1. The molecule has 0 aromatic heterocycles. The lowest BCUT2D eigenvalue weighted by Gasteiger charge is -2.35. The van der Waals surface area contributed by atoms with Crippen molar-refractivity contribution in [2.45, 2.75) is 50.8 Å². The van der Waals surface area contributed by atoms with E-state index < -0.39 is 0 Å². The standard InChI is InChI=1S/C13H28N2S/c1-5-13(2,3)15(4)10-11-16-12-6-8-14-9-7-12/h12,14H,5-11H2,1-4H3. The minimum absolute atomic E-state index is 0.356. The van der Waals surface area contributed by atoms with Crippen molar-refractivity contribution < 1.29 is 0 Å². The lowest BCUT2D eigenvalue weighted by atomic mass is 10.0. The van der Waals surface area contributed by atoms with E-state index in [1.165, 1.54) is 44.6 Å². The van der Waals surface area contributed by atoms with Crippen LogP contribution in [-0.4, -0.2) is 48.1 Å². The summed E-state index contributed by atoms with van der Waals surface area (Å²) in [6.45, 7) is 10.6. The molecular weight excluding hydrogens is 216 g/mol. The average Bonchev–Trinajstić information content (AvgIpc) is 2.30. The van der Waals surface area contributed by atoms with Gasteiger partial charge in [0.1, 0.15) is 0 Å². The fourth-order valence-electron chi connectivity index (χ4n) is 1.89. The second kappa shape index (κ2) is 6.87. The lowest BCUT2D eigenvalue weighted by Crippen LogP contribution is -2.41. The molecule has 96 valence electrons. The Morgan fingerprint density at radius 3 is 2.50 bits per heavy atom. The Labute approximate surface area is 106 Å². The summed E-state index contributed by atoms with van der Waals surface area (Å²) >= 11 is 2.17. The Kier molecular flexibility index (Phi) is 6.16. The highest BCUT2D eigenvalue weighted by atomic mass is 32.2. The number of piperidine rings is 1. The quantitative estimate of drug-likeness (QED) is 0.773. The Balaban J connectivity index is 2.14. The first kappa shape index (κ1) is 14.3. The van der Waals surface area contributed by atoms with E-state index in [1.807, 2.05) is 0 Å². The average molecular weight is 244 g/mol. The molecule has 16 heavy (non-hydrogen) atoms. The van der Waals surface area contributed by atoms with Gasteiger partial charge in [0, 0.05) is 23.1 Å². The van der Waals surface area contributed by atoms with E-state index in [1.54, 1.807) is 0 Å². The normalized spacial score (nSPS) is 19.3. The number of nitrogens with zero attached hydrogens (tertiary/aromatic N) is 1. The van der Waals surface area contributed by atoms with E-state index >= 15 is 0 Å². The molecule has 1 N–H and O–H groups in total. The van der Waals surface area contributed by atoms with Gasteiger partial charge in [-0.15, -0.1) is 0 Å². The van der Waals surface area contributed by atoms with Crippen LogP contribution in [0.4, 0.5) is 0 Å². The van der Waals surface area contributed by atoms with E-state index in [4.69, 9.17) is 0 Å². The third-order valence-corrected chi connectivity index (χ3v) is 5.33. The summed E-state index contributed by atoms with van der Waals surface area (Å²) in [6.07, 6.45) is 3.93. The van der Waals surface area contributed by atoms with E-state index in [0.717, 1.165) is 5.25 Å². The molecule has 1 fully saturated rings. The number of nitrogens with one attached hydrogen (secondary N) is 1. The van der Waals surface area contributed by atoms with Crippen molar-refractivity contribution in [2.24, 2.45) is 0 Å². The lowest BCUT2D eigenvalue weighted by molar-refractivity contribution is 0.161. The third kappa shape index (κ3) is 4.64. The molecule has 0 aromatic carbocycles. The monoisotopic (exact) mass is 244 g/mol. The van der Waals surface area contributed by atoms with Crippen LogP contribution >= 0.6 is 11.8 Å². The van der Waals surface area contributed by atoms with E-state index in [-0.39, 0.29) is 0 Å². The molecule has 0 saturated carbocycles. The van der Waals surface area contributed by atoms with Gasteiger partial charge in [0.15, 0.2) is 0 Å². The van der Waals surface area contributed by atoms with Crippen LogP contribution in [0, 0.1) is 0 Å². The number of thioether (sulfide) groups is 1. The maximum Gasteiger partial charge on any atom is 0.0147 e. The van der Waals surface area contributed by atoms with Crippen LogP contribution in [0.15, 0.2) is 0 Å². The topological polar surface area (TPSA) is 15.3 Å². The van der Waals surface area contributed by atoms with Gasteiger partial charge >= 0.3 is 0 Å². The Bertz CT molecular complexity index is 188. The van der Waals surface area contributed by atoms with Gasteiger partial charge in [-0.25, -0.2) is 0 Å². The van der Waals surface area contributed by atoms with E-state index in [2.05, 4.69) is 49.8 Å². The van der Waals surface area contributed by atoms with Crippen LogP contribution in [0.1, 0.15) is 40.0 Å². The number of rotatable bonds is 6. The summed E-state index contributed by atoms with van der Waals surface area (Å²) in [5, 5.41) is 4.33. The highest BCUT2D eigenvalue weighted by Gasteiger charge is 2.21. The van der Waals surface area contributed by atoms with Crippen LogP contribution in [0.3, 0.4) is 0 Å². The summed E-state index contributed by atoms with van der Waals surface area (Å²) in [5.74, 6) is 1.28. The molecule has 3 heteroatoms. The minimum Gasteiger partial charge on any atom is -0.317 e. The smallest absolute Gasteiger partial charge is 0.0147 e. The highest BCUT2D eigenvalue weighted by Crippen LogP contribution is 2.22. The maximum atomic E-state index is 3.42. The zero-order valence-corrected chi connectivity index (χ0v) is 12.2. The summed E-state index contributed by atoms with van der Waals surface area (Å²) in [5.41, 5.74) is 0.356. The van der Waals surface area contributed by atoms with Gasteiger partial charge in [-0.05, 0) is 53.2 Å². The van der Waals surface area contributed by atoms with Crippen molar-refractivity contribution in [1.82, 2.24) is 10.2 Å². The minimum atomic E-state index is 0.356. The second-order valence-electron chi connectivity index (χ2n) is 5.41. The van der Waals surface area contributed by atoms with Gasteiger partial charge in [-0.3, -0.25) is 0 Å². The van der Waals surface area contributed by atoms with E-state index in [9.17, 15) is 0 Å². The van der Waals surface area contributed by atoms with Crippen LogP contribution in [0.25, 0.3) is 0 Å². The molecule has 2 nitrogen and oxygen atoms in total. The Morgan fingerprint density at radius 1 is 1.31 bits per heavy atom. The van der Waals surface area contributed by atoms with Gasteiger partial charge in [-0.1, -0.05) is 6.92 Å². The summed E-state index contributed by atoms with van der Waals surface area (Å²) in [4.78, 5) is 2.50. The number of hydrogen-bond donors (Lipinski definition) is 1. The fourth-order valence-corrected chi connectivity index (χ4v) is 3.17. The predicted molar refractivity (Wildman–Crippen MR) is 75.3 cm³/mol. The predicted octanol–water partition coefficient (Wildman–Crippen LogP) is 2.59. The Hall–Kier alpha value is 0.270. The highest BCUT2D eigenvalue weighted by molar-refractivity contribution is 7.99. The van der Waals surface area contributed by atoms with Crippen molar-refractivity contribution in [2.75, 3.05) is 32.4 Å². The van der Waals surface area contributed by atoms with Crippen molar-refractivity contribution in [3.05, 3.63) is 0 Å². The van der Waals surface area contributed by atoms with Gasteiger partial charge in [0.25, 0.3) is 0 Å². The fraction of sp³-hybridized carbons (Fsp3) is 1.00. The molecule has 0 bridgehead atoms. The molecule has 0 atom stereocenters. The first-order chi connectivity index (χ1) is 7.56. The molecule has 0 radical (unpaired) electrons. The summed E-state index contributed by atoms with van der Waals surface area (Å²) < 4.78 is 0. The van der Waals surface area contributed by atoms with Crippen LogP contribution in [0.2, 0.25) is 0 Å². The van der Waals surface area contributed by atoms with Crippen LogP contribution in [-0.2, 0) is 0 Å². The molecule has 0 spiro atoms. The first-order valence-corrected chi connectivity index (χ1v) is 7.64. The van der Waals surface area contributed by atoms with Crippen LogP contribution in [0.5, 0.6) is 0 Å². The van der Waals surface area contributed by atoms with Gasteiger partial charge in [0.05, 0.1) is 0 Å². The van der Waals surface area contributed by atoms with Crippen LogP contribution < -0.4 is 5.32 Å². The molecule has 0 unspecified atom stereocenters.